The average Bonchev–Trinajstić information content (AvgIpc) is 2.34. The Kier molecular flexibility index (Phi) is 9.46. The van der Waals surface area contributed by atoms with E-state index in [1.54, 1.807) is 0 Å². The van der Waals surface area contributed by atoms with E-state index in [9.17, 15) is 9.59 Å². The van der Waals surface area contributed by atoms with Crippen molar-refractivity contribution in [3.8, 4) is 0 Å². The highest BCUT2D eigenvalue weighted by atomic mass is 32.1. The average molecular weight is 273 g/mol. The summed E-state index contributed by atoms with van der Waals surface area (Å²) in [5.41, 5.74) is 0. The van der Waals surface area contributed by atoms with E-state index in [4.69, 9.17) is 0 Å². The number of rotatable bonds is 8. The number of amides is 1. The molecule has 1 atom stereocenters. The molecule has 0 heterocycles. The van der Waals surface area contributed by atoms with Gasteiger partial charge in [0.15, 0.2) is 0 Å². The largest absolute Gasteiger partial charge is 0.467 e. The van der Waals surface area contributed by atoms with Gasteiger partial charge >= 0.3 is 5.97 Å². The zero-order chi connectivity index (χ0) is 14.0. The van der Waals surface area contributed by atoms with Crippen molar-refractivity contribution >= 4 is 24.5 Å². The molecule has 0 aliphatic carbocycles. The Hall–Kier alpha value is -0.970. The minimum absolute atomic E-state index is 0.0149. The van der Waals surface area contributed by atoms with Crippen LogP contribution in [0.25, 0.3) is 0 Å². The molecule has 0 aromatic carbocycles. The summed E-state index contributed by atoms with van der Waals surface area (Å²) in [6, 6.07) is -0.566. The number of carbonyl (C=O) groups is 2. The Morgan fingerprint density at radius 2 is 1.89 bits per heavy atom. The van der Waals surface area contributed by atoms with Gasteiger partial charge in [0.2, 0.25) is 5.91 Å². The van der Waals surface area contributed by atoms with Gasteiger partial charge in [-0.25, -0.2) is 4.79 Å². The number of hydrogen-bond acceptors (Lipinski definition) is 4. The lowest BCUT2D eigenvalue weighted by Gasteiger charge is -2.19. The molecule has 0 spiro atoms. The number of allylic oxidation sites excluding steroid dienone is 2. The topological polar surface area (TPSA) is 55.4 Å². The summed E-state index contributed by atoms with van der Waals surface area (Å²) >= 11 is 4.08. The van der Waals surface area contributed by atoms with Gasteiger partial charge in [-0.05, 0) is 24.5 Å². The molecule has 0 aliphatic rings. The van der Waals surface area contributed by atoms with Crippen LogP contribution >= 0.6 is 12.6 Å². The zero-order valence-corrected chi connectivity index (χ0v) is 12.2. The Balaban J connectivity index is 4.07. The minimum Gasteiger partial charge on any atom is -0.467 e. The van der Waals surface area contributed by atoms with Gasteiger partial charge in [0.1, 0.15) is 6.04 Å². The summed E-state index contributed by atoms with van der Waals surface area (Å²) in [6.45, 7) is 3.74. The van der Waals surface area contributed by atoms with Gasteiger partial charge in [-0.3, -0.25) is 4.79 Å². The zero-order valence-electron chi connectivity index (χ0n) is 11.3. The van der Waals surface area contributed by atoms with Crippen LogP contribution < -0.4 is 5.32 Å². The molecule has 104 valence electrons. The summed E-state index contributed by atoms with van der Waals surface area (Å²) in [7, 11) is 1.32. The first-order valence-electron chi connectivity index (χ1n) is 6.16. The van der Waals surface area contributed by atoms with E-state index < -0.39 is 12.0 Å². The van der Waals surface area contributed by atoms with Gasteiger partial charge in [-0.2, -0.15) is 12.6 Å². The van der Waals surface area contributed by atoms with Crippen LogP contribution in [0.15, 0.2) is 12.2 Å². The SMILES string of the molecule is COC(=O)[C@@H](NC(=O)CC/C=C/CCS)C(C)C. The quantitative estimate of drug-likeness (QED) is 0.404. The first kappa shape index (κ1) is 17.0. The fourth-order valence-corrected chi connectivity index (χ4v) is 1.54. The van der Waals surface area contributed by atoms with Crippen molar-refractivity contribution in [1.29, 1.82) is 0 Å². The van der Waals surface area contributed by atoms with Crippen molar-refractivity contribution in [2.75, 3.05) is 12.9 Å². The number of hydrogen-bond donors (Lipinski definition) is 2. The van der Waals surface area contributed by atoms with Crippen LogP contribution in [0.2, 0.25) is 0 Å². The molecular formula is C13H23NO3S. The Morgan fingerprint density at radius 1 is 1.28 bits per heavy atom. The second-order valence-electron chi connectivity index (χ2n) is 4.33. The maximum absolute atomic E-state index is 11.6. The molecular weight excluding hydrogens is 250 g/mol. The predicted octanol–water partition coefficient (Wildman–Crippen LogP) is 1.96. The maximum Gasteiger partial charge on any atom is 0.328 e. The summed E-state index contributed by atoms with van der Waals surface area (Å²) < 4.78 is 4.66. The molecule has 18 heavy (non-hydrogen) atoms. The Morgan fingerprint density at radius 3 is 2.39 bits per heavy atom. The summed E-state index contributed by atoms with van der Waals surface area (Å²) in [5.74, 6) is 0.292. The lowest BCUT2D eigenvalue weighted by atomic mass is 10.0. The maximum atomic E-state index is 11.6. The molecule has 0 bridgehead atoms. The molecule has 1 amide bonds. The van der Waals surface area contributed by atoms with Crippen LogP contribution in [-0.4, -0.2) is 30.8 Å². The monoisotopic (exact) mass is 273 g/mol. The molecule has 0 rings (SSSR count). The van der Waals surface area contributed by atoms with Crippen molar-refractivity contribution < 1.29 is 14.3 Å². The van der Waals surface area contributed by atoms with Crippen molar-refractivity contribution in [2.45, 2.75) is 39.2 Å². The normalized spacial score (nSPS) is 12.7. The number of carbonyl (C=O) groups excluding carboxylic acids is 2. The number of nitrogens with one attached hydrogen (secondary N) is 1. The second-order valence-corrected chi connectivity index (χ2v) is 4.78. The van der Waals surface area contributed by atoms with Gasteiger partial charge in [0.05, 0.1) is 7.11 Å². The van der Waals surface area contributed by atoms with Gasteiger partial charge in [-0.15, -0.1) is 0 Å². The van der Waals surface area contributed by atoms with Crippen molar-refractivity contribution in [3.05, 3.63) is 12.2 Å². The fraction of sp³-hybridized carbons (Fsp3) is 0.692. The van der Waals surface area contributed by atoms with Gasteiger partial charge in [0, 0.05) is 6.42 Å². The first-order valence-corrected chi connectivity index (χ1v) is 6.79. The Labute approximate surface area is 115 Å². The Bertz CT molecular complexity index is 290. The van der Waals surface area contributed by atoms with Crippen LogP contribution in [0.3, 0.4) is 0 Å². The summed E-state index contributed by atoms with van der Waals surface area (Å²) in [4.78, 5) is 23.1. The van der Waals surface area contributed by atoms with E-state index >= 15 is 0 Å². The van der Waals surface area contributed by atoms with Crippen LogP contribution in [0.4, 0.5) is 0 Å². The fourth-order valence-electron chi connectivity index (χ4n) is 1.39. The standard InChI is InChI=1S/C13H23NO3S/c1-10(2)12(13(16)17-3)14-11(15)8-6-4-5-7-9-18/h4-5,10,12,18H,6-9H2,1-3H3,(H,14,15)/b5-4+/t12-/m0/s1. The van der Waals surface area contributed by atoms with E-state index in [-0.39, 0.29) is 11.8 Å². The third kappa shape index (κ3) is 7.37. The van der Waals surface area contributed by atoms with E-state index in [1.807, 2.05) is 26.0 Å². The number of ether oxygens (including phenoxy) is 1. The van der Waals surface area contributed by atoms with E-state index in [2.05, 4.69) is 22.7 Å². The lowest BCUT2D eigenvalue weighted by molar-refractivity contribution is -0.146. The predicted molar refractivity (Wildman–Crippen MR) is 75.6 cm³/mol. The van der Waals surface area contributed by atoms with Gasteiger partial charge in [-0.1, -0.05) is 26.0 Å². The highest BCUT2D eigenvalue weighted by molar-refractivity contribution is 7.80. The van der Waals surface area contributed by atoms with Crippen molar-refractivity contribution in [3.63, 3.8) is 0 Å². The molecule has 0 unspecified atom stereocenters. The number of esters is 1. The second kappa shape index (κ2) is 10.00. The highest BCUT2D eigenvalue weighted by Crippen LogP contribution is 2.04. The lowest BCUT2D eigenvalue weighted by Crippen LogP contribution is -2.44. The molecule has 0 saturated carbocycles. The van der Waals surface area contributed by atoms with E-state index in [0.717, 1.165) is 12.2 Å². The molecule has 0 aromatic rings. The highest BCUT2D eigenvalue weighted by Gasteiger charge is 2.24. The van der Waals surface area contributed by atoms with Gasteiger partial charge < -0.3 is 10.1 Å². The molecule has 0 radical (unpaired) electrons. The molecule has 0 saturated heterocycles. The molecule has 0 fully saturated rings. The minimum atomic E-state index is -0.566. The van der Waals surface area contributed by atoms with Crippen LogP contribution in [0.1, 0.15) is 33.1 Å². The third-order valence-electron chi connectivity index (χ3n) is 2.44. The molecule has 0 aromatic heterocycles. The van der Waals surface area contributed by atoms with Crippen LogP contribution in [-0.2, 0) is 14.3 Å². The summed E-state index contributed by atoms with van der Waals surface area (Å²) in [5, 5.41) is 2.70. The van der Waals surface area contributed by atoms with Crippen molar-refractivity contribution in [1.82, 2.24) is 5.32 Å². The van der Waals surface area contributed by atoms with E-state index in [0.29, 0.717) is 12.8 Å². The van der Waals surface area contributed by atoms with Crippen LogP contribution in [0.5, 0.6) is 0 Å². The number of thiol groups is 1. The molecule has 5 heteroatoms. The first-order chi connectivity index (χ1) is 8.52. The smallest absolute Gasteiger partial charge is 0.328 e. The van der Waals surface area contributed by atoms with Gasteiger partial charge in [0.25, 0.3) is 0 Å². The van der Waals surface area contributed by atoms with E-state index in [1.165, 1.54) is 7.11 Å². The number of methoxy groups -OCH3 is 1. The van der Waals surface area contributed by atoms with Crippen LogP contribution in [0, 0.1) is 5.92 Å². The molecule has 1 N–H and O–H groups in total. The summed E-state index contributed by atoms with van der Waals surface area (Å²) in [6.07, 6.45) is 5.91. The third-order valence-corrected chi connectivity index (χ3v) is 2.70. The van der Waals surface area contributed by atoms with Crippen molar-refractivity contribution in [2.24, 2.45) is 5.92 Å². The molecule has 0 aliphatic heterocycles. The molecule has 4 nitrogen and oxygen atoms in total.